The Bertz CT molecular complexity index is 407. The highest BCUT2D eigenvalue weighted by molar-refractivity contribution is 7.99. The molecule has 2 aromatic carbocycles. The van der Waals surface area contributed by atoms with Crippen LogP contribution in [0.15, 0.2) is 64.4 Å². The Balaban J connectivity index is 2.19. The Labute approximate surface area is 89.0 Å². The average Bonchev–Trinajstić information content (AvgIpc) is 2.19. The molecule has 2 rings (SSSR count). The third kappa shape index (κ3) is 2.39. The highest BCUT2D eigenvalue weighted by Crippen LogP contribution is 2.27. The minimum atomic E-state index is 1.29. The molecule has 0 spiro atoms. The molecule has 0 unspecified atom stereocenters. The molecule has 2 aromatic rings. The summed E-state index contributed by atoms with van der Waals surface area (Å²) < 4.78 is 0. The summed E-state index contributed by atoms with van der Waals surface area (Å²) >= 11 is 1.80. The largest absolute Gasteiger partial charge is 0.0901 e. The summed E-state index contributed by atoms with van der Waals surface area (Å²) in [6.07, 6.45) is 0. The molecular weight excluding hydrogens is 188 g/mol. The maximum absolute atomic E-state index is 2.21. The minimum Gasteiger partial charge on any atom is -0.0901 e. The summed E-state index contributed by atoms with van der Waals surface area (Å²) in [5, 5.41) is 0. The fraction of sp³-hybridized carbons (Fsp3) is 0.0769. The first kappa shape index (κ1) is 9.35. The molecule has 0 aromatic heterocycles. The van der Waals surface area contributed by atoms with Gasteiger partial charge in [-0.25, -0.2) is 0 Å². The average molecular weight is 200 g/mol. The SMILES string of the molecule is Cc1cccc(Sc2ccccc2)c1. The smallest absolute Gasteiger partial charge is 0.0124 e. The van der Waals surface area contributed by atoms with Gasteiger partial charge in [0.2, 0.25) is 0 Å². The molecule has 0 saturated carbocycles. The molecule has 0 saturated heterocycles. The monoisotopic (exact) mass is 200 g/mol. The van der Waals surface area contributed by atoms with Crippen molar-refractivity contribution in [2.45, 2.75) is 16.7 Å². The lowest BCUT2D eigenvalue weighted by Gasteiger charge is -2.01. The van der Waals surface area contributed by atoms with Crippen LogP contribution >= 0.6 is 11.8 Å². The predicted molar refractivity (Wildman–Crippen MR) is 61.7 cm³/mol. The Morgan fingerprint density at radius 3 is 2.21 bits per heavy atom. The molecule has 70 valence electrons. The maximum Gasteiger partial charge on any atom is 0.0124 e. The van der Waals surface area contributed by atoms with Gasteiger partial charge in [0.15, 0.2) is 0 Å². The lowest BCUT2D eigenvalue weighted by Crippen LogP contribution is -1.74. The quantitative estimate of drug-likeness (QED) is 0.702. The van der Waals surface area contributed by atoms with E-state index in [4.69, 9.17) is 0 Å². The summed E-state index contributed by atoms with van der Waals surface area (Å²) in [6, 6.07) is 19.0. The van der Waals surface area contributed by atoms with E-state index in [1.807, 2.05) is 6.07 Å². The first-order chi connectivity index (χ1) is 6.84. The minimum absolute atomic E-state index is 1.29. The molecule has 0 atom stereocenters. The number of hydrogen-bond donors (Lipinski definition) is 0. The van der Waals surface area contributed by atoms with Crippen LogP contribution in [0.25, 0.3) is 0 Å². The standard InChI is InChI=1S/C13H12S/c1-11-6-5-9-13(10-11)14-12-7-3-2-4-8-12/h2-10H,1H3. The van der Waals surface area contributed by atoms with E-state index in [2.05, 4.69) is 55.5 Å². The number of hydrogen-bond acceptors (Lipinski definition) is 1. The molecule has 0 bridgehead atoms. The second-order valence-corrected chi connectivity index (χ2v) is 4.38. The van der Waals surface area contributed by atoms with Crippen LogP contribution in [0.5, 0.6) is 0 Å². The van der Waals surface area contributed by atoms with Gasteiger partial charge in [0.25, 0.3) is 0 Å². The van der Waals surface area contributed by atoms with Crippen LogP contribution in [0.3, 0.4) is 0 Å². The Morgan fingerprint density at radius 2 is 1.50 bits per heavy atom. The van der Waals surface area contributed by atoms with Gasteiger partial charge in [-0.3, -0.25) is 0 Å². The van der Waals surface area contributed by atoms with Gasteiger partial charge in [-0.05, 0) is 31.2 Å². The first-order valence-corrected chi connectivity index (χ1v) is 5.46. The highest BCUT2D eigenvalue weighted by atomic mass is 32.2. The van der Waals surface area contributed by atoms with Gasteiger partial charge >= 0.3 is 0 Å². The van der Waals surface area contributed by atoms with Gasteiger partial charge in [0.1, 0.15) is 0 Å². The van der Waals surface area contributed by atoms with Gasteiger partial charge in [-0.1, -0.05) is 47.7 Å². The lowest BCUT2D eigenvalue weighted by molar-refractivity contribution is 1.35. The van der Waals surface area contributed by atoms with Crippen molar-refractivity contribution in [1.29, 1.82) is 0 Å². The maximum atomic E-state index is 2.21. The molecule has 0 fully saturated rings. The van der Waals surface area contributed by atoms with Crippen molar-refractivity contribution in [3.8, 4) is 0 Å². The third-order valence-corrected chi connectivity index (χ3v) is 2.97. The van der Waals surface area contributed by atoms with Crippen LogP contribution in [0.2, 0.25) is 0 Å². The molecule has 0 aliphatic heterocycles. The fourth-order valence-corrected chi connectivity index (χ4v) is 2.26. The summed E-state index contributed by atoms with van der Waals surface area (Å²) in [5.74, 6) is 0. The molecule has 0 N–H and O–H groups in total. The van der Waals surface area contributed by atoms with Crippen molar-refractivity contribution in [2.75, 3.05) is 0 Å². The normalized spacial score (nSPS) is 10.1. The summed E-state index contributed by atoms with van der Waals surface area (Å²) in [4.78, 5) is 2.59. The van der Waals surface area contributed by atoms with Gasteiger partial charge in [-0.15, -0.1) is 0 Å². The fourth-order valence-electron chi connectivity index (χ4n) is 1.30. The summed E-state index contributed by atoms with van der Waals surface area (Å²) in [5.41, 5.74) is 1.31. The van der Waals surface area contributed by atoms with Crippen molar-refractivity contribution in [3.63, 3.8) is 0 Å². The second-order valence-electron chi connectivity index (χ2n) is 3.23. The zero-order chi connectivity index (χ0) is 9.80. The van der Waals surface area contributed by atoms with E-state index in [0.717, 1.165) is 0 Å². The third-order valence-electron chi connectivity index (χ3n) is 1.97. The molecule has 0 aliphatic rings. The highest BCUT2D eigenvalue weighted by Gasteiger charge is 1.95. The lowest BCUT2D eigenvalue weighted by atomic mass is 10.2. The predicted octanol–water partition coefficient (Wildman–Crippen LogP) is 4.15. The van der Waals surface area contributed by atoms with Crippen molar-refractivity contribution in [1.82, 2.24) is 0 Å². The summed E-state index contributed by atoms with van der Waals surface area (Å²) in [6.45, 7) is 2.12. The zero-order valence-electron chi connectivity index (χ0n) is 8.10. The van der Waals surface area contributed by atoms with Crippen LogP contribution in [0.4, 0.5) is 0 Å². The molecule has 0 amide bonds. The van der Waals surface area contributed by atoms with E-state index >= 15 is 0 Å². The Kier molecular flexibility index (Phi) is 2.90. The molecular formula is C13H12S. The van der Waals surface area contributed by atoms with Crippen molar-refractivity contribution >= 4 is 11.8 Å². The van der Waals surface area contributed by atoms with Gasteiger partial charge in [-0.2, -0.15) is 0 Å². The number of rotatable bonds is 2. The van der Waals surface area contributed by atoms with E-state index in [0.29, 0.717) is 0 Å². The van der Waals surface area contributed by atoms with Crippen LogP contribution in [0, 0.1) is 6.92 Å². The van der Waals surface area contributed by atoms with Crippen molar-refractivity contribution in [3.05, 3.63) is 60.2 Å². The summed E-state index contributed by atoms with van der Waals surface area (Å²) in [7, 11) is 0. The van der Waals surface area contributed by atoms with E-state index in [1.165, 1.54) is 15.4 Å². The first-order valence-electron chi connectivity index (χ1n) is 4.64. The molecule has 0 radical (unpaired) electrons. The van der Waals surface area contributed by atoms with Crippen LogP contribution < -0.4 is 0 Å². The van der Waals surface area contributed by atoms with Gasteiger partial charge < -0.3 is 0 Å². The molecule has 0 nitrogen and oxygen atoms in total. The zero-order valence-corrected chi connectivity index (χ0v) is 8.92. The van der Waals surface area contributed by atoms with Crippen LogP contribution in [-0.2, 0) is 0 Å². The van der Waals surface area contributed by atoms with Gasteiger partial charge in [0, 0.05) is 9.79 Å². The van der Waals surface area contributed by atoms with Crippen molar-refractivity contribution in [2.24, 2.45) is 0 Å². The Morgan fingerprint density at radius 1 is 0.786 bits per heavy atom. The second kappa shape index (κ2) is 4.34. The topological polar surface area (TPSA) is 0 Å². The van der Waals surface area contributed by atoms with E-state index in [-0.39, 0.29) is 0 Å². The Hall–Kier alpha value is -1.21. The van der Waals surface area contributed by atoms with E-state index < -0.39 is 0 Å². The molecule has 1 heteroatoms. The van der Waals surface area contributed by atoms with Crippen molar-refractivity contribution < 1.29 is 0 Å². The molecule has 0 aliphatic carbocycles. The molecule has 14 heavy (non-hydrogen) atoms. The van der Waals surface area contributed by atoms with Crippen LogP contribution in [-0.4, -0.2) is 0 Å². The van der Waals surface area contributed by atoms with Crippen LogP contribution in [0.1, 0.15) is 5.56 Å². The van der Waals surface area contributed by atoms with E-state index in [1.54, 1.807) is 11.8 Å². The number of benzene rings is 2. The van der Waals surface area contributed by atoms with Gasteiger partial charge in [0.05, 0.1) is 0 Å². The van der Waals surface area contributed by atoms with E-state index in [9.17, 15) is 0 Å². The molecule has 0 heterocycles. The number of aryl methyl sites for hydroxylation is 1.